The van der Waals surface area contributed by atoms with E-state index in [0.717, 1.165) is 25.2 Å². The van der Waals surface area contributed by atoms with E-state index in [1.807, 2.05) is 6.92 Å². The van der Waals surface area contributed by atoms with Crippen LogP contribution in [0.5, 0.6) is 0 Å². The predicted octanol–water partition coefficient (Wildman–Crippen LogP) is 3.45. The van der Waals surface area contributed by atoms with Crippen molar-refractivity contribution in [3.05, 3.63) is 0 Å². The van der Waals surface area contributed by atoms with Crippen LogP contribution < -0.4 is 0 Å². The number of unbranched alkanes of at least 4 members (excludes halogenated alkanes) is 2. The molecule has 90 valence electrons. The maximum Gasteiger partial charge on any atom is 0.318 e. The zero-order chi connectivity index (χ0) is 11.7. The van der Waals surface area contributed by atoms with E-state index in [2.05, 4.69) is 26.5 Å². The zero-order valence-electron chi connectivity index (χ0n) is 10.2. The highest BCUT2D eigenvalue weighted by Gasteiger charge is 2.11. The number of hydrogen-bond acceptors (Lipinski definition) is 3. The Morgan fingerprint density at radius 1 is 1.27 bits per heavy atom. The van der Waals surface area contributed by atoms with E-state index in [1.54, 1.807) is 0 Å². The van der Waals surface area contributed by atoms with Crippen molar-refractivity contribution in [3.63, 3.8) is 0 Å². The number of esters is 1. The Balaban J connectivity index is 3.27. The van der Waals surface area contributed by atoms with Gasteiger partial charge in [0.25, 0.3) is 0 Å². The second kappa shape index (κ2) is 9.08. The molecule has 0 amide bonds. The molecule has 15 heavy (non-hydrogen) atoms. The molecular formula is C12H24O2S. The fourth-order valence-electron chi connectivity index (χ4n) is 1.27. The molecule has 0 saturated heterocycles. The van der Waals surface area contributed by atoms with Crippen LogP contribution in [0.2, 0.25) is 0 Å². The Kier molecular flexibility index (Phi) is 8.97. The molecule has 0 aromatic rings. The highest BCUT2D eigenvalue weighted by atomic mass is 32.1. The summed E-state index contributed by atoms with van der Waals surface area (Å²) in [5, 5.41) is -0.249. The van der Waals surface area contributed by atoms with E-state index in [9.17, 15) is 4.79 Å². The molecule has 2 nitrogen and oxygen atoms in total. The molecule has 0 aliphatic heterocycles. The number of carbonyl (C=O) groups is 1. The van der Waals surface area contributed by atoms with E-state index < -0.39 is 0 Å². The normalized spacial score (nSPS) is 12.9. The van der Waals surface area contributed by atoms with E-state index in [-0.39, 0.29) is 11.2 Å². The third-order valence-corrected chi connectivity index (χ3v) is 2.90. The van der Waals surface area contributed by atoms with Gasteiger partial charge in [-0.3, -0.25) is 4.79 Å². The largest absolute Gasteiger partial charge is 0.465 e. The topological polar surface area (TPSA) is 26.3 Å². The maximum atomic E-state index is 11.2. The van der Waals surface area contributed by atoms with E-state index in [0.29, 0.717) is 6.61 Å². The maximum absolute atomic E-state index is 11.2. The fourth-order valence-corrected chi connectivity index (χ4v) is 1.34. The molecule has 0 aromatic carbocycles. The summed E-state index contributed by atoms with van der Waals surface area (Å²) in [6.45, 7) is 6.94. The lowest BCUT2D eigenvalue weighted by atomic mass is 10.1. The van der Waals surface area contributed by atoms with E-state index >= 15 is 0 Å². The summed E-state index contributed by atoms with van der Waals surface area (Å²) < 4.78 is 5.09. The molecule has 0 heterocycles. The van der Waals surface area contributed by atoms with Gasteiger partial charge in [-0.25, -0.2) is 0 Å². The van der Waals surface area contributed by atoms with Crippen LogP contribution in [0.25, 0.3) is 0 Å². The molecule has 0 spiro atoms. The van der Waals surface area contributed by atoms with Crippen LogP contribution in [0.4, 0.5) is 0 Å². The van der Waals surface area contributed by atoms with Gasteiger partial charge in [-0.05, 0) is 18.8 Å². The molecule has 1 unspecified atom stereocenters. The molecule has 0 N–H and O–H groups in total. The van der Waals surface area contributed by atoms with Gasteiger partial charge in [-0.2, -0.15) is 12.6 Å². The first-order valence-corrected chi connectivity index (χ1v) is 6.44. The molecule has 0 aromatic heterocycles. The first-order valence-electron chi connectivity index (χ1n) is 5.92. The first-order chi connectivity index (χ1) is 7.07. The SMILES string of the molecule is CCC(S)C(=O)OCCCCCC(C)C. The lowest BCUT2D eigenvalue weighted by Crippen LogP contribution is -2.17. The van der Waals surface area contributed by atoms with Crippen LogP contribution in [0, 0.1) is 5.92 Å². The minimum Gasteiger partial charge on any atom is -0.465 e. The monoisotopic (exact) mass is 232 g/mol. The highest BCUT2D eigenvalue weighted by molar-refractivity contribution is 7.81. The Hall–Kier alpha value is -0.180. The Labute approximate surface area is 99.2 Å². The third kappa shape index (κ3) is 8.79. The van der Waals surface area contributed by atoms with Crippen molar-refractivity contribution < 1.29 is 9.53 Å². The predicted molar refractivity (Wildman–Crippen MR) is 67.3 cm³/mol. The van der Waals surface area contributed by atoms with Gasteiger partial charge < -0.3 is 4.74 Å². The minimum atomic E-state index is -0.249. The molecule has 0 rings (SSSR count). The Morgan fingerprint density at radius 3 is 2.47 bits per heavy atom. The zero-order valence-corrected chi connectivity index (χ0v) is 11.1. The van der Waals surface area contributed by atoms with Gasteiger partial charge in [0.1, 0.15) is 0 Å². The van der Waals surface area contributed by atoms with Crippen LogP contribution in [-0.2, 0) is 9.53 Å². The number of hydrogen-bond donors (Lipinski definition) is 1. The van der Waals surface area contributed by atoms with Gasteiger partial charge in [-0.15, -0.1) is 0 Å². The Bertz CT molecular complexity index is 169. The van der Waals surface area contributed by atoms with Crippen LogP contribution in [-0.4, -0.2) is 17.8 Å². The molecule has 0 saturated carbocycles. The van der Waals surface area contributed by atoms with Crippen LogP contribution in [0.15, 0.2) is 0 Å². The van der Waals surface area contributed by atoms with Crippen LogP contribution in [0.3, 0.4) is 0 Å². The molecule has 0 radical (unpaired) electrons. The van der Waals surface area contributed by atoms with Gasteiger partial charge in [0.05, 0.1) is 11.9 Å². The van der Waals surface area contributed by atoms with Gasteiger partial charge in [0.15, 0.2) is 0 Å². The number of ether oxygens (including phenoxy) is 1. The second-order valence-corrected chi connectivity index (χ2v) is 4.96. The lowest BCUT2D eigenvalue weighted by molar-refractivity contribution is -0.143. The first kappa shape index (κ1) is 14.8. The van der Waals surface area contributed by atoms with Crippen molar-refractivity contribution in [2.75, 3.05) is 6.61 Å². The molecule has 0 fully saturated rings. The lowest BCUT2D eigenvalue weighted by Gasteiger charge is -2.08. The molecular weight excluding hydrogens is 208 g/mol. The third-order valence-electron chi connectivity index (χ3n) is 2.33. The van der Waals surface area contributed by atoms with Crippen LogP contribution >= 0.6 is 12.6 Å². The number of carbonyl (C=O) groups excluding carboxylic acids is 1. The van der Waals surface area contributed by atoms with Gasteiger partial charge >= 0.3 is 5.97 Å². The van der Waals surface area contributed by atoms with Crippen LogP contribution in [0.1, 0.15) is 52.9 Å². The average Bonchev–Trinajstić information content (AvgIpc) is 2.21. The Morgan fingerprint density at radius 2 is 1.93 bits per heavy atom. The summed E-state index contributed by atoms with van der Waals surface area (Å²) in [6, 6.07) is 0. The minimum absolute atomic E-state index is 0.176. The molecule has 0 aliphatic rings. The fraction of sp³-hybridized carbons (Fsp3) is 0.917. The van der Waals surface area contributed by atoms with Gasteiger partial charge in [0, 0.05) is 0 Å². The summed E-state index contributed by atoms with van der Waals surface area (Å²) >= 11 is 4.12. The summed E-state index contributed by atoms with van der Waals surface area (Å²) in [4.78, 5) is 11.2. The van der Waals surface area contributed by atoms with Crippen molar-refractivity contribution >= 4 is 18.6 Å². The van der Waals surface area contributed by atoms with Gasteiger partial charge in [0.2, 0.25) is 0 Å². The number of rotatable bonds is 8. The van der Waals surface area contributed by atoms with Crippen molar-refractivity contribution in [2.45, 2.75) is 58.1 Å². The van der Waals surface area contributed by atoms with Gasteiger partial charge in [-0.1, -0.05) is 40.0 Å². The quantitative estimate of drug-likeness (QED) is 0.394. The molecule has 0 bridgehead atoms. The van der Waals surface area contributed by atoms with Crippen molar-refractivity contribution in [3.8, 4) is 0 Å². The average molecular weight is 232 g/mol. The highest BCUT2D eigenvalue weighted by Crippen LogP contribution is 2.09. The van der Waals surface area contributed by atoms with E-state index in [4.69, 9.17) is 4.74 Å². The smallest absolute Gasteiger partial charge is 0.318 e. The second-order valence-electron chi connectivity index (χ2n) is 4.33. The van der Waals surface area contributed by atoms with Crippen molar-refractivity contribution in [1.29, 1.82) is 0 Å². The molecule has 0 aliphatic carbocycles. The standard InChI is InChI=1S/C12H24O2S/c1-4-11(15)12(13)14-9-7-5-6-8-10(2)3/h10-11,15H,4-9H2,1-3H3. The summed E-state index contributed by atoms with van der Waals surface area (Å²) in [7, 11) is 0. The summed E-state index contributed by atoms with van der Waals surface area (Å²) in [5.74, 6) is 0.596. The van der Waals surface area contributed by atoms with Crippen molar-refractivity contribution in [2.24, 2.45) is 5.92 Å². The number of thiol groups is 1. The summed E-state index contributed by atoms with van der Waals surface area (Å²) in [6.07, 6.45) is 5.35. The molecule has 3 heteroatoms. The summed E-state index contributed by atoms with van der Waals surface area (Å²) in [5.41, 5.74) is 0. The molecule has 1 atom stereocenters. The van der Waals surface area contributed by atoms with Crippen molar-refractivity contribution in [1.82, 2.24) is 0 Å². The van der Waals surface area contributed by atoms with E-state index in [1.165, 1.54) is 12.8 Å².